The van der Waals surface area contributed by atoms with Crippen LogP contribution in [-0.4, -0.2) is 58.8 Å². The van der Waals surface area contributed by atoms with Crippen molar-refractivity contribution in [1.82, 2.24) is 4.31 Å². The first-order valence-corrected chi connectivity index (χ1v) is 12.9. The van der Waals surface area contributed by atoms with Gasteiger partial charge < -0.3 is 10.1 Å². The fourth-order valence-corrected chi connectivity index (χ4v) is 6.42. The number of methoxy groups -OCH3 is 1. The summed E-state index contributed by atoms with van der Waals surface area (Å²) < 4.78 is 55.5. The third-order valence-corrected chi connectivity index (χ3v) is 8.83. The first-order chi connectivity index (χ1) is 13.6. The molecule has 1 N–H and O–H groups in total. The number of benzene rings is 2. The number of ether oxygens (including phenoxy) is 1. The zero-order chi connectivity index (χ0) is 21.2. The van der Waals surface area contributed by atoms with Crippen molar-refractivity contribution in [3.8, 4) is 5.75 Å². The van der Waals surface area contributed by atoms with Crippen LogP contribution >= 0.6 is 22.6 Å². The molecule has 3 rings (SSSR count). The van der Waals surface area contributed by atoms with Crippen molar-refractivity contribution in [2.45, 2.75) is 4.90 Å². The van der Waals surface area contributed by atoms with Gasteiger partial charge in [0.05, 0.1) is 27.1 Å². The molecule has 156 valence electrons. The maximum absolute atomic E-state index is 12.7. The van der Waals surface area contributed by atoms with Gasteiger partial charge in [0, 0.05) is 24.3 Å². The molecule has 0 aliphatic carbocycles. The van der Waals surface area contributed by atoms with Gasteiger partial charge in [-0.3, -0.25) is 4.79 Å². The second-order valence-electron chi connectivity index (χ2n) is 6.38. The fraction of sp³-hybridized carbons (Fsp3) is 0.278. The Bertz CT molecular complexity index is 1120. The van der Waals surface area contributed by atoms with Crippen molar-refractivity contribution in [3.05, 3.63) is 51.6 Å². The summed E-state index contributed by atoms with van der Waals surface area (Å²) in [5.41, 5.74) is 0.891. The third-order valence-electron chi connectivity index (χ3n) is 4.47. The molecule has 2 aromatic rings. The molecular formula is C18H19IN2O6S2. The van der Waals surface area contributed by atoms with E-state index in [2.05, 4.69) is 27.9 Å². The Morgan fingerprint density at radius 2 is 1.72 bits per heavy atom. The maximum Gasteiger partial charge on any atom is 0.255 e. The number of amides is 1. The van der Waals surface area contributed by atoms with Crippen LogP contribution in [0.2, 0.25) is 0 Å². The van der Waals surface area contributed by atoms with E-state index in [1.165, 1.54) is 28.6 Å². The van der Waals surface area contributed by atoms with Gasteiger partial charge in [0.1, 0.15) is 5.75 Å². The number of rotatable bonds is 5. The zero-order valence-electron chi connectivity index (χ0n) is 15.5. The topological polar surface area (TPSA) is 110 Å². The molecule has 1 fully saturated rings. The number of hydrogen-bond donors (Lipinski definition) is 1. The van der Waals surface area contributed by atoms with Crippen LogP contribution in [-0.2, 0) is 19.9 Å². The highest BCUT2D eigenvalue weighted by atomic mass is 127. The van der Waals surface area contributed by atoms with Gasteiger partial charge in [0.25, 0.3) is 5.91 Å². The predicted octanol–water partition coefficient (Wildman–Crippen LogP) is 1.97. The van der Waals surface area contributed by atoms with Gasteiger partial charge in [0.2, 0.25) is 10.0 Å². The van der Waals surface area contributed by atoms with Crippen LogP contribution in [0.4, 0.5) is 5.69 Å². The van der Waals surface area contributed by atoms with E-state index >= 15 is 0 Å². The molecule has 0 spiro atoms. The van der Waals surface area contributed by atoms with Crippen LogP contribution in [0.25, 0.3) is 0 Å². The Kier molecular flexibility index (Phi) is 6.51. The standard InChI is InChI=1S/C18H19IN2O6S2/c1-27-17-7-2-13(12-16(17)19)18(22)20-14-3-5-15(6-4-14)29(25,26)21-8-10-28(23,24)11-9-21/h2-7,12H,8-11H2,1H3,(H,20,22). The molecule has 0 radical (unpaired) electrons. The molecule has 1 aliphatic rings. The first kappa shape index (κ1) is 22.0. The van der Waals surface area contributed by atoms with E-state index in [-0.39, 0.29) is 35.4 Å². The van der Waals surface area contributed by atoms with Gasteiger partial charge in [-0.25, -0.2) is 16.8 Å². The average Bonchev–Trinajstić information content (AvgIpc) is 2.68. The van der Waals surface area contributed by atoms with Crippen LogP contribution in [0, 0.1) is 3.57 Å². The van der Waals surface area contributed by atoms with E-state index in [9.17, 15) is 21.6 Å². The highest BCUT2D eigenvalue weighted by Crippen LogP contribution is 2.23. The van der Waals surface area contributed by atoms with E-state index in [1.54, 1.807) is 25.3 Å². The number of sulfone groups is 1. The molecule has 0 aromatic heterocycles. The Hall–Kier alpha value is -1.70. The highest BCUT2D eigenvalue weighted by molar-refractivity contribution is 14.1. The Balaban J connectivity index is 1.71. The van der Waals surface area contributed by atoms with Crippen LogP contribution in [0.15, 0.2) is 47.4 Å². The normalized spacial score (nSPS) is 16.9. The Morgan fingerprint density at radius 3 is 2.28 bits per heavy atom. The first-order valence-electron chi connectivity index (χ1n) is 8.58. The molecule has 2 aromatic carbocycles. The van der Waals surface area contributed by atoms with Crippen LogP contribution in [0.3, 0.4) is 0 Å². The van der Waals surface area contributed by atoms with Gasteiger partial charge in [-0.05, 0) is 65.1 Å². The minimum Gasteiger partial charge on any atom is -0.496 e. The third kappa shape index (κ3) is 5.08. The van der Waals surface area contributed by atoms with Crippen molar-refractivity contribution in [3.63, 3.8) is 0 Å². The molecule has 1 heterocycles. The summed E-state index contributed by atoms with van der Waals surface area (Å²) >= 11 is 2.07. The van der Waals surface area contributed by atoms with Crippen molar-refractivity contribution >= 4 is 54.0 Å². The number of nitrogens with zero attached hydrogens (tertiary/aromatic N) is 1. The molecule has 0 atom stereocenters. The number of anilines is 1. The summed E-state index contributed by atoms with van der Waals surface area (Å²) in [5.74, 6) is -0.0214. The number of hydrogen-bond acceptors (Lipinski definition) is 6. The van der Waals surface area contributed by atoms with E-state index in [0.29, 0.717) is 17.0 Å². The van der Waals surface area contributed by atoms with Crippen LogP contribution in [0.1, 0.15) is 10.4 Å². The average molecular weight is 550 g/mol. The Morgan fingerprint density at radius 1 is 1.10 bits per heavy atom. The largest absolute Gasteiger partial charge is 0.496 e. The predicted molar refractivity (Wildman–Crippen MR) is 118 cm³/mol. The van der Waals surface area contributed by atoms with E-state index in [1.807, 2.05) is 0 Å². The van der Waals surface area contributed by atoms with Crippen molar-refractivity contribution in [2.24, 2.45) is 0 Å². The Labute approximate surface area is 183 Å². The van der Waals surface area contributed by atoms with Gasteiger partial charge in [-0.2, -0.15) is 4.31 Å². The quantitative estimate of drug-likeness (QED) is 0.571. The molecule has 29 heavy (non-hydrogen) atoms. The SMILES string of the molecule is COc1ccc(C(=O)Nc2ccc(S(=O)(=O)N3CCS(=O)(=O)CC3)cc2)cc1I. The summed E-state index contributed by atoms with van der Waals surface area (Å²) in [6.45, 7) is -0.113. The second-order valence-corrected chi connectivity index (χ2v) is 11.8. The summed E-state index contributed by atoms with van der Waals surface area (Å²) in [5, 5.41) is 2.72. The lowest BCUT2D eigenvalue weighted by Crippen LogP contribution is -2.43. The summed E-state index contributed by atoms with van der Waals surface area (Å²) in [6, 6.07) is 10.8. The minimum atomic E-state index is -3.78. The number of nitrogens with one attached hydrogen (secondary N) is 1. The highest BCUT2D eigenvalue weighted by Gasteiger charge is 2.31. The smallest absolute Gasteiger partial charge is 0.255 e. The van der Waals surface area contributed by atoms with Crippen LogP contribution in [0.5, 0.6) is 5.75 Å². The van der Waals surface area contributed by atoms with Gasteiger partial charge in [0.15, 0.2) is 9.84 Å². The molecule has 1 amide bonds. The van der Waals surface area contributed by atoms with Crippen molar-refractivity contribution in [2.75, 3.05) is 37.0 Å². The minimum absolute atomic E-state index is 0.0498. The van der Waals surface area contributed by atoms with Gasteiger partial charge >= 0.3 is 0 Å². The van der Waals surface area contributed by atoms with E-state index in [0.717, 1.165) is 3.57 Å². The molecule has 8 nitrogen and oxygen atoms in total. The fourth-order valence-electron chi connectivity index (χ4n) is 2.81. The lowest BCUT2D eigenvalue weighted by Gasteiger charge is -2.26. The van der Waals surface area contributed by atoms with Gasteiger partial charge in [-0.1, -0.05) is 0 Å². The number of carbonyl (C=O) groups excluding carboxylic acids is 1. The van der Waals surface area contributed by atoms with Gasteiger partial charge in [-0.15, -0.1) is 0 Å². The lowest BCUT2D eigenvalue weighted by molar-refractivity contribution is 0.102. The second kappa shape index (κ2) is 8.58. The van der Waals surface area contributed by atoms with E-state index in [4.69, 9.17) is 4.74 Å². The summed E-state index contributed by atoms with van der Waals surface area (Å²) in [6.07, 6.45) is 0. The molecule has 1 aliphatic heterocycles. The molecule has 0 bridgehead atoms. The van der Waals surface area contributed by atoms with Crippen molar-refractivity contribution in [1.29, 1.82) is 0 Å². The monoisotopic (exact) mass is 550 g/mol. The lowest BCUT2D eigenvalue weighted by atomic mass is 10.2. The molecule has 1 saturated heterocycles. The van der Waals surface area contributed by atoms with Crippen molar-refractivity contribution < 1.29 is 26.4 Å². The van der Waals surface area contributed by atoms with E-state index < -0.39 is 19.9 Å². The summed E-state index contributed by atoms with van der Waals surface area (Å²) in [7, 11) is -5.40. The maximum atomic E-state index is 12.7. The molecule has 0 unspecified atom stereocenters. The zero-order valence-corrected chi connectivity index (χ0v) is 19.3. The number of sulfonamides is 1. The number of halogens is 1. The number of carbonyl (C=O) groups is 1. The molecule has 11 heteroatoms. The molecule has 0 saturated carbocycles. The summed E-state index contributed by atoms with van der Waals surface area (Å²) in [4.78, 5) is 12.5. The molecular weight excluding hydrogens is 531 g/mol. The van der Waals surface area contributed by atoms with Crippen LogP contribution < -0.4 is 10.1 Å².